The summed E-state index contributed by atoms with van der Waals surface area (Å²) in [5.74, 6) is 0.690. The molecule has 0 aliphatic rings. The van der Waals surface area contributed by atoms with E-state index in [0.29, 0.717) is 11.3 Å². The Morgan fingerprint density at radius 1 is 1.11 bits per heavy atom. The fourth-order valence-electron chi connectivity index (χ4n) is 2.54. The predicted molar refractivity (Wildman–Crippen MR) is 101 cm³/mol. The minimum absolute atomic E-state index is 0.0118. The molecule has 1 aromatic carbocycles. The molecule has 0 saturated heterocycles. The summed E-state index contributed by atoms with van der Waals surface area (Å²) in [6.45, 7) is 0.267. The fourth-order valence-corrected chi connectivity index (χ4v) is 2.92. The Morgan fingerprint density at radius 2 is 1.82 bits per heavy atom. The maximum Gasteiger partial charge on any atom is 0.433 e. The first-order chi connectivity index (χ1) is 13.3. The molecule has 3 rings (SSSR count). The summed E-state index contributed by atoms with van der Waals surface area (Å²) in [7, 11) is 1.56. The SMILES string of the molecule is COc1ccc(Cn2cc(-c3cc(C(F)(F)F)nc(SC)n3)ccc2=O)cc1. The molecule has 146 valence electrons. The molecule has 5 nitrogen and oxygen atoms in total. The molecule has 0 amide bonds. The van der Waals surface area contributed by atoms with Gasteiger partial charge in [-0.2, -0.15) is 13.2 Å². The number of alkyl halides is 3. The van der Waals surface area contributed by atoms with E-state index in [0.717, 1.165) is 23.4 Å². The Hall–Kier alpha value is -2.81. The fraction of sp³-hybridized carbons (Fsp3) is 0.211. The van der Waals surface area contributed by atoms with Crippen LogP contribution in [0.1, 0.15) is 11.3 Å². The number of nitrogens with zero attached hydrogens (tertiary/aromatic N) is 3. The summed E-state index contributed by atoms with van der Waals surface area (Å²) in [5.41, 5.74) is 0.0690. The van der Waals surface area contributed by atoms with E-state index < -0.39 is 11.9 Å². The first-order valence-corrected chi connectivity index (χ1v) is 9.36. The lowest BCUT2D eigenvalue weighted by Gasteiger charge is -2.12. The molecule has 0 unspecified atom stereocenters. The van der Waals surface area contributed by atoms with Gasteiger partial charge in [-0.1, -0.05) is 23.9 Å². The molecule has 2 heterocycles. The number of benzene rings is 1. The first-order valence-electron chi connectivity index (χ1n) is 8.14. The van der Waals surface area contributed by atoms with Gasteiger partial charge in [-0.15, -0.1) is 0 Å². The summed E-state index contributed by atoms with van der Waals surface area (Å²) >= 11 is 1.02. The van der Waals surface area contributed by atoms with E-state index in [-0.39, 0.29) is 23.0 Å². The van der Waals surface area contributed by atoms with Crippen molar-refractivity contribution in [2.75, 3.05) is 13.4 Å². The Labute approximate surface area is 163 Å². The number of hydrogen-bond acceptors (Lipinski definition) is 5. The Kier molecular flexibility index (Phi) is 5.73. The quantitative estimate of drug-likeness (QED) is 0.471. The monoisotopic (exact) mass is 407 g/mol. The van der Waals surface area contributed by atoms with Gasteiger partial charge in [-0.05, 0) is 36.1 Å². The van der Waals surface area contributed by atoms with Crippen molar-refractivity contribution in [2.24, 2.45) is 0 Å². The minimum Gasteiger partial charge on any atom is -0.497 e. The third-order valence-corrected chi connectivity index (χ3v) is 4.52. The molecule has 0 spiro atoms. The van der Waals surface area contributed by atoms with Crippen LogP contribution in [0.5, 0.6) is 5.75 Å². The van der Waals surface area contributed by atoms with Crippen LogP contribution >= 0.6 is 11.8 Å². The highest BCUT2D eigenvalue weighted by Crippen LogP contribution is 2.31. The van der Waals surface area contributed by atoms with Gasteiger partial charge in [-0.3, -0.25) is 4.79 Å². The lowest BCUT2D eigenvalue weighted by molar-refractivity contribution is -0.141. The third kappa shape index (κ3) is 4.53. The summed E-state index contributed by atoms with van der Waals surface area (Å²) in [6.07, 6.45) is -1.48. The molecule has 0 atom stereocenters. The first kappa shape index (κ1) is 19.9. The molecule has 0 aliphatic heterocycles. The number of rotatable bonds is 5. The number of thioether (sulfide) groups is 1. The van der Waals surface area contributed by atoms with E-state index in [1.165, 1.54) is 22.9 Å². The van der Waals surface area contributed by atoms with Crippen LogP contribution in [0.4, 0.5) is 13.2 Å². The number of aromatic nitrogens is 3. The summed E-state index contributed by atoms with van der Waals surface area (Å²) in [5, 5.41) is 0.0118. The number of pyridine rings is 1. The summed E-state index contributed by atoms with van der Waals surface area (Å²) in [4.78, 5) is 19.9. The average molecular weight is 407 g/mol. The zero-order valence-electron chi connectivity index (χ0n) is 15.0. The van der Waals surface area contributed by atoms with Gasteiger partial charge in [-0.25, -0.2) is 9.97 Å². The number of methoxy groups -OCH3 is 1. The van der Waals surface area contributed by atoms with E-state index in [4.69, 9.17) is 4.74 Å². The summed E-state index contributed by atoms with van der Waals surface area (Å²) < 4.78 is 45.9. The molecule has 0 fully saturated rings. The van der Waals surface area contributed by atoms with Gasteiger partial charge >= 0.3 is 6.18 Å². The van der Waals surface area contributed by atoms with E-state index in [2.05, 4.69) is 9.97 Å². The zero-order valence-corrected chi connectivity index (χ0v) is 15.8. The summed E-state index contributed by atoms with van der Waals surface area (Å²) in [6, 6.07) is 10.8. The molecular formula is C19H16F3N3O2S. The van der Waals surface area contributed by atoms with E-state index in [1.54, 1.807) is 25.5 Å². The van der Waals surface area contributed by atoms with Gasteiger partial charge in [0.1, 0.15) is 11.4 Å². The molecular weight excluding hydrogens is 391 g/mol. The van der Waals surface area contributed by atoms with Gasteiger partial charge in [0.2, 0.25) is 0 Å². The van der Waals surface area contributed by atoms with Gasteiger partial charge in [0.05, 0.1) is 19.3 Å². The molecule has 0 bridgehead atoms. The lowest BCUT2D eigenvalue weighted by atomic mass is 10.1. The molecule has 0 aliphatic carbocycles. The standard InChI is InChI=1S/C19H16F3N3O2S/c1-27-14-6-3-12(4-7-14)10-25-11-13(5-8-17(25)26)15-9-16(19(20,21)22)24-18(23-15)28-2/h3-9,11H,10H2,1-2H3. The maximum absolute atomic E-state index is 13.1. The molecule has 28 heavy (non-hydrogen) atoms. The van der Waals surface area contributed by atoms with Crippen molar-refractivity contribution in [3.05, 3.63) is 70.3 Å². The smallest absolute Gasteiger partial charge is 0.433 e. The van der Waals surface area contributed by atoms with Crippen LogP contribution in [0.15, 0.2) is 58.6 Å². The second-order valence-electron chi connectivity index (χ2n) is 5.85. The Morgan fingerprint density at radius 3 is 2.43 bits per heavy atom. The second-order valence-corrected chi connectivity index (χ2v) is 6.63. The highest BCUT2D eigenvalue weighted by Gasteiger charge is 2.33. The van der Waals surface area contributed by atoms with Crippen molar-refractivity contribution in [2.45, 2.75) is 17.9 Å². The molecule has 0 saturated carbocycles. The highest BCUT2D eigenvalue weighted by atomic mass is 32.2. The largest absolute Gasteiger partial charge is 0.497 e. The van der Waals surface area contributed by atoms with Gasteiger partial charge in [0, 0.05) is 17.8 Å². The van der Waals surface area contributed by atoms with Crippen LogP contribution in [0.25, 0.3) is 11.3 Å². The molecule has 9 heteroatoms. The normalized spacial score (nSPS) is 11.5. The zero-order chi connectivity index (χ0) is 20.3. The van der Waals surface area contributed by atoms with Gasteiger partial charge < -0.3 is 9.30 Å². The Balaban J connectivity index is 2.00. The van der Waals surface area contributed by atoms with Crippen LogP contribution < -0.4 is 10.3 Å². The average Bonchev–Trinajstić information content (AvgIpc) is 2.69. The van der Waals surface area contributed by atoms with Gasteiger partial charge in [0.25, 0.3) is 5.56 Å². The third-order valence-electron chi connectivity index (χ3n) is 3.97. The van der Waals surface area contributed by atoms with E-state index >= 15 is 0 Å². The molecule has 3 aromatic rings. The van der Waals surface area contributed by atoms with Crippen molar-refractivity contribution in [1.82, 2.24) is 14.5 Å². The van der Waals surface area contributed by atoms with Crippen molar-refractivity contribution in [3.63, 3.8) is 0 Å². The topological polar surface area (TPSA) is 57.0 Å². The lowest BCUT2D eigenvalue weighted by Crippen LogP contribution is -2.19. The predicted octanol–water partition coefficient (Wildman–Crippen LogP) is 4.10. The van der Waals surface area contributed by atoms with Crippen molar-refractivity contribution >= 4 is 11.8 Å². The second kappa shape index (κ2) is 8.05. The number of halogens is 3. The van der Waals surface area contributed by atoms with Crippen molar-refractivity contribution in [3.8, 4) is 17.0 Å². The van der Waals surface area contributed by atoms with Crippen LogP contribution in [0.2, 0.25) is 0 Å². The molecule has 0 radical (unpaired) electrons. The van der Waals surface area contributed by atoms with E-state index in [9.17, 15) is 18.0 Å². The maximum atomic E-state index is 13.1. The minimum atomic E-state index is -4.58. The van der Waals surface area contributed by atoms with Crippen LogP contribution in [-0.2, 0) is 12.7 Å². The molecule has 2 aromatic heterocycles. The Bertz CT molecular complexity index is 1030. The van der Waals surface area contributed by atoms with Crippen molar-refractivity contribution < 1.29 is 17.9 Å². The van der Waals surface area contributed by atoms with Crippen LogP contribution in [0, 0.1) is 0 Å². The number of ether oxygens (including phenoxy) is 1. The van der Waals surface area contributed by atoms with E-state index in [1.807, 2.05) is 12.1 Å². The van der Waals surface area contributed by atoms with Crippen LogP contribution in [-0.4, -0.2) is 27.9 Å². The van der Waals surface area contributed by atoms with Crippen molar-refractivity contribution in [1.29, 1.82) is 0 Å². The van der Waals surface area contributed by atoms with Gasteiger partial charge in [0.15, 0.2) is 5.16 Å². The number of hydrogen-bond donors (Lipinski definition) is 0. The molecule has 0 N–H and O–H groups in total. The highest BCUT2D eigenvalue weighted by molar-refractivity contribution is 7.98. The van der Waals surface area contributed by atoms with Crippen LogP contribution in [0.3, 0.4) is 0 Å².